The van der Waals surface area contributed by atoms with Gasteiger partial charge in [-0.25, -0.2) is 0 Å². The Kier molecular flexibility index (Phi) is 6.60. The van der Waals surface area contributed by atoms with E-state index < -0.39 is 35.7 Å². The molecule has 0 amide bonds. The van der Waals surface area contributed by atoms with Crippen LogP contribution in [0.5, 0.6) is 51.7 Å². The predicted octanol–water partition coefficient (Wildman–Crippen LogP) is 7.76. The fourth-order valence-corrected chi connectivity index (χ4v) is 9.08. The van der Waals surface area contributed by atoms with Gasteiger partial charge in [-0.2, -0.15) is 0 Å². The first-order chi connectivity index (χ1) is 24.6. The van der Waals surface area contributed by atoms with Gasteiger partial charge in [0, 0.05) is 58.6 Å². The van der Waals surface area contributed by atoms with Crippen LogP contribution in [0.2, 0.25) is 0 Å². The average Bonchev–Trinajstić information content (AvgIpc) is 3.60. The highest BCUT2D eigenvalue weighted by molar-refractivity contribution is 5.72. The lowest BCUT2D eigenvalue weighted by molar-refractivity contribution is 0.221. The van der Waals surface area contributed by atoms with E-state index in [4.69, 9.17) is 4.74 Å². The number of phenols is 8. The lowest BCUT2D eigenvalue weighted by Crippen LogP contribution is -2.20. The first-order valence-corrected chi connectivity index (χ1v) is 16.6. The molecule has 0 unspecified atom stereocenters. The summed E-state index contributed by atoms with van der Waals surface area (Å²) in [6, 6.07) is 29.1. The number of ether oxygens (including phenoxy) is 1. The Labute approximate surface area is 291 Å². The topological polar surface area (TPSA) is 171 Å². The summed E-state index contributed by atoms with van der Waals surface area (Å²) >= 11 is 0. The van der Waals surface area contributed by atoms with Crippen LogP contribution in [-0.2, 0) is 0 Å². The molecule has 0 aromatic heterocycles. The number of hydrogen-bond donors (Lipinski definition) is 8. The van der Waals surface area contributed by atoms with Gasteiger partial charge in [0.2, 0.25) is 0 Å². The molecule has 2 aliphatic carbocycles. The maximum atomic E-state index is 12.1. The van der Waals surface area contributed by atoms with Crippen molar-refractivity contribution < 1.29 is 45.6 Å². The second-order valence-corrected chi connectivity index (χ2v) is 13.7. The van der Waals surface area contributed by atoms with Gasteiger partial charge in [-0.3, -0.25) is 0 Å². The molecule has 254 valence electrons. The monoisotopic (exact) mass is 680 g/mol. The summed E-state index contributed by atoms with van der Waals surface area (Å²) in [6.07, 6.45) is -0.693. The maximum absolute atomic E-state index is 12.1. The fourth-order valence-electron chi connectivity index (χ4n) is 9.08. The van der Waals surface area contributed by atoms with Crippen molar-refractivity contribution >= 4 is 0 Å². The van der Waals surface area contributed by atoms with E-state index in [9.17, 15) is 40.9 Å². The second-order valence-electron chi connectivity index (χ2n) is 13.7. The molecular weight excluding hydrogens is 648 g/mol. The van der Waals surface area contributed by atoms with Gasteiger partial charge in [0.15, 0.2) is 0 Å². The molecule has 1 heterocycles. The number of hydrogen-bond acceptors (Lipinski definition) is 9. The highest BCUT2D eigenvalue weighted by Gasteiger charge is 2.56. The zero-order valence-electron chi connectivity index (χ0n) is 26.8. The lowest BCUT2D eigenvalue weighted by atomic mass is 9.69. The van der Waals surface area contributed by atoms with Crippen molar-refractivity contribution in [2.75, 3.05) is 0 Å². The van der Waals surface area contributed by atoms with E-state index in [1.54, 1.807) is 84.9 Å². The molecule has 9 rings (SSSR count). The van der Waals surface area contributed by atoms with Crippen LogP contribution in [0.15, 0.2) is 109 Å². The van der Waals surface area contributed by atoms with Gasteiger partial charge in [0.1, 0.15) is 57.8 Å². The Morgan fingerprint density at radius 1 is 0.353 bits per heavy atom. The maximum Gasteiger partial charge on any atom is 0.135 e. The van der Waals surface area contributed by atoms with E-state index in [2.05, 4.69) is 0 Å². The lowest BCUT2D eigenvalue weighted by Gasteiger charge is -2.34. The van der Waals surface area contributed by atoms with E-state index in [1.165, 1.54) is 12.1 Å². The molecule has 6 aromatic rings. The minimum Gasteiger partial charge on any atom is -0.508 e. The van der Waals surface area contributed by atoms with Crippen LogP contribution < -0.4 is 4.74 Å². The quantitative estimate of drug-likeness (QED) is 0.0927. The summed E-state index contributed by atoms with van der Waals surface area (Å²) in [4.78, 5) is 0. The van der Waals surface area contributed by atoms with E-state index in [0.717, 1.165) is 27.8 Å². The molecular formula is C42H32O9. The molecule has 3 aliphatic rings. The first-order valence-electron chi connectivity index (χ1n) is 16.6. The molecule has 6 aromatic carbocycles. The summed E-state index contributed by atoms with van der Waals surface area (Å²) in [5, 5.41) is 87.5. The molecule has 0 radical (unpaired) electrons. The zero-order chi connectivity index (χ0) is 35.3. The van der Waals surface area contributed by atoms with Crippen LogP contribution in [0, 0.1) is 0 Å². The molecule has 0 saturated heterocycles. The molecule has 0 saturated carbocycles. The summed E-state index contributed by atoms with van der Waals surface area (Å²) in [5.41, 5.74) is 6.00. The predicted molar refractivity (Wildman–Crippen MR) is 186 cm³/mol. The molecule has 8 N–H and O–H groups in total. The summed E-state index contributed by atoms with van der Waals surface area (Å²) in [7, 11) is 0. The van der Waals surface area contributed by atoms with E-state index in [-0.39, 0.29) is 46.0 Å². The van der Waals surface area contributed by atoms with Crippen LogP contribution in [0.4, 0.5) is 0 Å². The van der Waals surface area contributed by atoms with Crippen LogP contribution in [0.1, 0.15) is 85.8 Å². The van der Waals surface area contributed by atoms with Crippen molar-refractivity contribution in [3.63, 3.8) is 0 Å². The van der Waals surface area contributed by atoms with Crippen LogP contribution in [-0.4, -0.2) is 40.9 Å². The minimum absolute atomic E-state index is 0.0537. The van der Waals surface area contributed by atoms with Gasteiger partial charge in [-0.15, -0.1) is 0 Å². The molecule has 0 spiro atoms. The highest BCUT2D eigenvalue weighted by Crippen LogP contribution is 2.70. The number of aromatic hydroxyl groups is 8. The van der Waals surface area contributed by atoms with Gasteiger partial charge in [-0.1, -0.05) is 36.4 Å². The first kappa shape index (κ1) is 30.6. The highest BCUT2D eigenvalue weighted by atomic mass is 16.5. The van der Waals surface area contributed by atoms with Crippen molar-refractivity contribution in [1.29, 1.82) is 0 Å². The summed E-state index contributed by atoms with van der Waals surface area (Å²) < 4.78 is 6.70. The fraction of sp³-hybridized carbons (Fsp3) is 0.143. The molecule has 9 nitrogen and oxygen atoms in total. The Hall–Kier alpha value is -6.48. The molecule has 6 atom stereocenters. The molecule has 1 aliphatic heterocycles. The largest absolute Gasteiger partial charge is 0.508 e. The second kappa shape index (κ2) is 11.0. The Bertz CT molecular complexity index is 2330. The van der Waals surface area contributed by atoms with E-state index >= 15 is 0 Å². The van der Waals surface area contributed by atoms with E-state index in [0.29, 0.717) is 28.0 Å². The average molecular weight is 681 g/mol. The van der Waals surface area contributed by atoms with Crippen molar-refractivity contribution in [1.82, 2.24) is 0 Å². The van der Waals surface area contributed by atoms with Gasteiger partial charge in [0.25, 0.3) is 0 Å². The van der Waals surface area contributed by atoms with Gasteiger partial charge >= 0.3 is 0 Å². The third-order valence-electron chi connectivity index (χ3n) is 10.9. The zero-order valence-corrected chi connectivity index (χ0v) is 26.8. The Morgan fingerprint density at radius 3 is 1.47 bits per heavy atom. The van der Waals surface area contributed by atoms with E-state index in [1.807, 2.05) is 12.1 Å². The molecule has 0 bridgehead atoms. The van der Waals surface area contributed by atoms with Crippen LogP contribution in [0.25, 0.3) is 0 Å². The molecule has 51 heavy (non-hydrogen) atoms. The van der Waals surface area contributed by atoms with Gasteiger partial charge < -0.3 is 45.6 Å². The van der Waals surface area contributed by atoms with Gasteiger partial charge in [0.05, 0.1) is 5.92 Å². The third-order valence-corrected chi connectivity index (χ3v) is 10.9. The Balaban J connectivity index is 1.44. The van der Waals surface area contributed by atoms with Crippen molar-refractivity contribution in [3.8, 4) is 51.7 Å². The summed E-state index contributed by atoms with van der Waals surface area (Å²) in [5.74, 6) is -3.02. The van der Waals surface area contributed by atoms with Gasteiger partial charge in [-0.05, 0) is 88.0 Å². The van der Waals surface area contributed by atoms with Crippen LogP contribution in [0.3, 0.4) is 0 Å². The third kappa shape index (κ3) is 4.61. The van der Waals surface area contributed by atoms with Crippen molar-refractivity contribution in [2.24, 2.45) is 0 Å². The van der Waals surface area contributed by atoms with Crippen molar-refractivity contribution in [2.45, 2.75) is 35.7 Å². The normalized spacial score (nSPS) is 22.5. The number of fused-ring (bicyclic) bond motifs is 2. The SMILES string of the molecule is Oc1ccc([C@H]2c3c(O)cc(O)cc3[C@@H]3c4c(cc(O)c5c4[C@@H]2[C@@H](c2ccc(O)cc2)[C@@H]5c2cc(O)cc(O)c2)O[C@H]3c2ccc(O)cc2)cc1. The number of phenolic OH excluding ortho intramolecular Hbond substituents is 8. The molecule has 0 fully saturated rings. The Morgan fingerprint density at radius 2 is 0.863 bits per heavy atom. The van der Waals surface area contributed by atoms with Crippen molar-refractivity contribution in [3.05, 3.63) is 159 Å². The van der Waals surface area contributed by atoms with Crippen LogP contribution >= 0.6 is 0 Å². The summed E-state index contributed by atoms with van der Waals surface area (Å²) in [6.45, 7) is 0. The minimum atomic E-state index is -0.693. The number of rotatable bonds is 4. The molecule has 9 heteroatoms. The number of benzene rings is 6. The standard InChI is InChI=1S/C42H32O9/c43-23-7-1-19(2-8-23)33-35(22-13-26(46)15-27(47)14-22)38-31(50)18-32-39-37(42(51-32)21-5-11-25(45)12-6-21)29-16-28(48)17-30(49)36(29)34(40(33)41(38)39)20-3-9-24(44)10-4-20/h1-18,33-35,37,40,42-50H/t33-,34-,35-,37+,40+,42-/m0/s1. The smallest absolute Gasteiger partial charge is 0.135 e.